The summed E-state index contributed by atoms with van der Waals surface area (Å²) >= 11 is 0. The summed E-state index contributed by atoms with van der Waals surface area (Å²) in [4.78, 5) is 34.0. The fraction of sp³-hybridized carbons (Fsp3) is 0.321. The van der Waals surface area contributed by atoms with Crippen molar-refractivity contribution in [1.29, 1.82) is 0 Å². The van der Waals surface area contributed by atoms with E-state index in [2.05, 4.69) is 39.5 Å². The van der Waals surface area contributed by atoms with Crippen LogP contribution in [0.4, 0.5) is 11.5 Å². The van der Waals surface area contributed by atoms with E-state index in [0.29, 0.717) is 30.3 Å². The van der Waals surface area contributed by atoms with Crippen LogP contribution < -0.4 is 24.6 Å². The number of carbonyl (C=O) groups excluding carboxylic acids is 2. The molecular weight excluding hydrogens is 456 g/mol. The topological polar surface area (TPSA) is 84.0 Å². The molecule has 3 aromatic rings. The highest BCUT2D eigenvalue weighted by atomic mass is 16.5. The number of pyridine rings is 1. The van der Waals surface area contributed by atoms with Crippen LogP contribution in [0.3, 0.4) is 0 Å². The molecule has 1 aromatic heterocycles. The van der Waals surface area contributed by atoms with Gasteiger partial charge in [0.25, 0.3) is 0 Å². The fourth-order valence-electron chi connectivity index (χ4n) is 4.86. The first-order valence-corrected chi connectivity index (χ1v) is 12.1. The number of nitrogens with one attached hydrogen (secondary N) is 1. The Morgan fingerprint density at radius 3 is 2.61 bits per heavy atom. The highest BCUT2D eigenvalue weighted by molar-refractivity contribution is 6.00. The van der Waals surface area contributed by atoms with Gasteiger partial charge in [0, 0.05) is 50.6 Å². The Bertz CT molecular complexity index is 1260. The van der Waals surface area contributed by atoms with Crippen molar-refractivity contribution in [2.75, 3.05) is 37.1 Å². The van der Waals surface area contributed by atoms with Crippen molar-refractivity contribution < 1.29 is 19.1 Å². The summed E-state index contributed by atoms with van der Waals surface area (Å²) in [5.74, 6) is 1.43. The second-order valence-corrected chi connectivity index (χ2v) is 9.13. The van der Waals surface area contributed by atoms with Gasteiger partial charge in [-0.05, 0) is 41.3 Å². The monoisotopic (exact) mass is 486 g/mol. The summed E-state index contributed by atoms with van der Waals surface area (Å²) in [5.41, 5.74) is 4.36. The van der Waals surface area contributed by atoms with Gasteiger partial charge in [-0.1, -0.05) is 30.3 Å². The minimum atomic E-state index is -0.411. The van der Waals surface area contributed by atoms with Gasteiger partial charge in [-0.15, -0.1) is 0 Å². The number of benzene rings is 2. The molecule has 0 spiro atoms. The maximum atomic E-state index is 12.8. The van der Waals surface area contributed by atoms with Crippen LogP contribution in [0.25, 0.3) is 0 Å². The molecule has 0 radical (unpaired) electrons. The van der Waals surface area contributed by atoms with Gasteiger partial charge in [0.1, 0.15) is 5.82 Å². The van der Waals surface area contributed by atoms with E-state index in [4.69, 9.17) is 9.47 Å². The molecule has 0 bridgehead atoms. The Morgan fingerprint density at radius 2 is 1.86 bits per heavy atom. The molecule has 1 unspecified atom stereocenters. The molecule has 1 fully saturated rings. The molecule has 2 aromatic carbocycles. The Labute approximate surface area is 210 Å². The van der Waals surface area contributed by atoms with E-state index in [1.54, 1.807) is 37.3 Å². The van der Waals surface area contributed by atoms with Crippen molar-refractivity contribution in [1.82, 2.24) is 10.3 Å². The lowest BCUT2D eigenvalue weighted by atomic mass is 10.00. The zero-order chi connectivity index (χ0) is 25.1. The molecule has 1 saturated heterocycles. The number of fused-ring (bicyclic) bond motifs is 1. The third kappa shape index (κ3) is 4.84. The quantitative estimate of drug-likeness (QED) is 0.552. The van der Waals surface area contributed by atoms with E-state index in [9.17, 15) is 9.59 Å². The Hall–Kier alpha value is -4.07. The molecule has 1 atom stereocenters. The predicted molar refractivity (Wildman–Crippen MR) is 137 cm³/mol. The van der Waals surface area contributed by atoms with Crippen molar-refractivity contribution in [2.24, 2.45) is 5.92 Å². The zero-order valence-corrected chi connectivity index (χ0v) is 20.6. The molecule has 1 N–H and O–H groups in total. The number of hydrogen-bond donors (Lipinski definition) is 1. The number of anilines is 2. The smallest absolute Gasteiger partial charge is 0.227 e. The van der Waals surface area contributed by atoms with E-state index in [0.717, 1.165) is 30.9 Å². The van der Waals surface area contributed by atoms with E-state index in [1.165, 1.54) is 11.1 Å². The van der Waals surface area contributed by atoms with Crippen LogP contribution >= 0.6 is 0 Å². The Morgan fingerprint density at radius 1 is 1.06 bits per heavy atom. The van der Waals surface area contributed by atoms with Gasteiger partial charge < -0.3 is 24.6 Å². The van der Waals surface area contributed by atoms with Crippen molar-refractivity contribution in [3.05, 3.63) is 77.5 Å². The first-order valence-electron chi connectivity index (χ1n) is 12.1. The van der Waals surface area contributed by atoms with Crippen LogP contribution in [0.2, 0.25) is 0 Å². The largest absolute Gasteiger partial charge is 0.493 e. The van der Waals surface area contributed by atoms with Crippen LogP contribution in [-0.2, 0) is 29.1 Å². The summed E-state index contributed by atoms with van der Waals surface area (Å²) in [6, 6.07) is 17.8. The summed E-state index contributed by atoms with van der Waals surface area (Å²) in [6.07, 6.45) is 3.00. The maximum absolute atomic E-state index is 12.8. The van der Waals surface area contributed by atoms with Gasteiger partial charge in [0.2, 0.25) is 11.8 Å². The highest BCUT2D eigenvalue weighted by Gasteiger charge is 2.35. The average molecular weight is 487 g/mol. The van der Waals surface area contributed by atoms with Crippen molar-refractivity contribution in [2.45, 2.75) is 25.9 Å². The summed E-state index contributed by atoms with van der Waals surface area (Å²) in [6.45, 7) is 2.49. The summed E-state index contributed by atoms with van der Waals surface area (Å²) < 4.78 is 10.6. The molecule has 3 heterocycles. The van der Waals surface area contributed by atoms with E-state index in [-0.39, 0.29) is 18.2 Å². The van der Waals surface area contributed by atoms with E-state index < -0.39 is 5.92 Å². The van der Waals surface area contributed by atoms with Crippen molar-refractivity contribution in [3.63, 3.8) is 0 Å². The van der Waals surface area contributed by atoms with Gasteiger partial charge in [0.05, 0.1) is 20.1 Å². The lowest BCUT2D eigenvalue weighted by Crippen LogP contribution is -2.33. The summed E-state index contributed by atoms with van der Waals surface area (Å²) in [7, 11) is 3.12. The number of aromatic nitrogens is 1. The summed E-state index contributed by atoms with van der Waals surface area (Å²) in [5, 5.41) is 2.97. The minimum Gasteiger partial charge on any atom is -0.493 e. The molecule has 2 aliphatic heterocycles. The number of ether oxygens (including phenoxy) is 2. The highest BCUT2D eigenvalue weighted by Crippen LogP contribution is 2.34. The molecular formula is C28H30N4O4. The number of hydrogen-bond acceptors (Lipinski definition) is 6. The number of carbonyl (C=O) groups is 2. The first-order chi connectivity index (χ1) is 17.6. The number of rotatable bonds is 7. The van der Waals surface area contributed by atoms with Crippen LogP contribution in [0.1, 0.15) is 23.1 Å². The fourth-order valence-corrected chi connectivity index (χ4v) is 4.86. The molecule has 8 heteroatoms. The zero-order valence-electron chi connectivity index (χ0n) is 20.6. The Kier molecular flexibility index (Phi) is 6.75. The predicted octanol–water partition coefficient (Wildman–Crippen LogP) is 3.33. The number of nitrogens with zero attached hydrogens (tertiary/aromatic N) is 3. The van der Waals surface area contributed by atoms with Crippen LogP contribution in [-0.4, -0.2) is 44.1 Å². The Balaban J connectivity index is 1.16. The SMILES string of the molecule is COc1ccc(N2CC(C(=O)NCc3ccc(N4CCc5ccccc5C4)nc3)CC2=O)cc1OC. The lowest BCUT2D eigenvalue weighted by molar-refractivity contribution is -0.126. The maximum Gasteiger partial charge on any atom is 0.227 e. The average Bonchev–Trinajstić information content (AvgIpc) is 3.32. The number of amides is 2. The minimum absolute atomic E-state index is 0.0866. The van der Waals surface area contributed by atoms with Gasteiger partial charge in [-0.2, -0.15) is 0 Å². The van der Waals surface area contributed by atoms with Gasteiger partial charge in [-0.25, -0.2) is 4.98 Å². The standard InChI is InChI=1S/C28H30N4O4/c1-35-24-9-8-23(14-25(24)36-2)32-18-22(13-27(32)33)28(34)30-16-19-7-10-26(29-15-19)31-12-11-20-5-3-4-6-21(20)17-31/h3-10,14-15,22H,11-13,16-18H2,1-2H3,(H,30,34). The van der Waals surface area contributed by atoms with Gasteiger partial charge >= 0.3 is 0 Å². The van der Waals surface area contributed by atoms with Crippen molar-refractivity contribution >= 4 is 23.3 Å². The van der Waals surface area contributed by atoms with E-state index >= 15 is 0 Å². The van der Waals surface area contributed by atoms with Crippen molar-refractivity contribution in [3.8, 4) is 11.5 Å². The molecule has 5 rings (SSSR count). The molecule has 2 aliphatic rings. The van der Waals surface area contributed by atoms with Gasteiger partial charge in [0.15, 0.2) is 11.5 Å². The number of methoxy groups -OCH3 is 2. The van der Waals surface area contributed by atoms with E-state index in [1.807, 2.05) is 18.3 Å². The van der Waals surface area contributed by atoms with Gasteiger partial charge in [-0.3, -0.25) is 9.59 Å². The molecule has 2 amide bonds. The second-order valence-electron chi connectivity index (χ2n) is 9.13. The molecule has 0 aliphatic carbocycles. The van der Waals surface area contributed by atoms with Crippen LogP contribution in [0, 0.1) is 5.92 Å². The normalized spacial score (nSPS) is 17.1. The third-order valence-electron chi connectivity index (χ3n) is 6.91. The lowest BCUT2D eigenvalue weighted by Gasteiger charge is -2.29. The van der Waals surface area contributed by atoms with Crippen LogP contribution in [0.15, 0.2) is 60.8 Å². The second kappa shape index (κ2) is 10.3. The molecule has 186 valence electrons. The van der Waals surface area contributed by atoms with Crippen LogP contribution in [0.5, 0.6) is 11.5 Å². The third-order valence-corrected chi connectivity index (χ3v) is 6.91. The molecule has 36 heavy (non-hydrogen) atoms. The first kappa shape index (κ1) is 23.7. The molecule has 8 nitrogen and oxygen atoms in total. The molecule has 0 saturated carbocycles.